The minimum atomic E-state index is -0.838. The lowest BCUT2D eigenvalue weighted by molar-refractivity contribution is -0.120. The second kappa shape index (κ2) is 4.87. The molecule has 5 nitrogen and oxygen atoms in total. The molecule has 3 rings (SSSR count). The van der Waals surface area contributed by atoms with Gasteiger partial charge < -0.3 is 9.84 Å². The van der Waals surface area contributed by atoms with Crippen LogP contribution in [0.2, 0.25) is 0 Å². The first kappa shape index (κ1) is 13.6. The lowest BCUT2D eigenvalue weighted by Crippen LogP contribution is -2.32. The van der Waals surface area contributed by atoms with Crippen molar-refractivity contribution in [3.05, 3.63) is 29.1 Å². The Balaban J connectivity index is 2.06. The number of nitrogens with zero attached hydrogens (tertiary/aromatic N) is 1. The minimum absolute atomic E-state index is 0.0110. The lowest BCUT2D eigenvalue weighted by atomic mass is 9.93. The number of hydrogen-bond donors (Lipinski definition) is 1. The summed E-state index contributed by atoms with van der Waals surface area (Å²) in [6.07, 6.45) is 2.81. The van der Waals surface area contributed by atoms with E-state index < -0.39 is 17.6 Å². The third-order valence-electron chi connectivity index (χ3n) is 3.88. The minimum Gasteiger partial charge on any atom is -0.504 e. The zero-order chi connectivity index (χ0) is 15.1. The van der Waals surface area contributed by atoms with Crippen molar-refractivity contribution in [2.24, 2.45) is 0 Å². The Hall–Kier alpha value is -2.37. The molecule has 0 atom stereocenters. The number of halogens is 1. The highest BCUT2D eigenvalue weighted by Gasteiger charge is 2.41. The third-order valence-corrected chi connectivity index (χ3v) is 3.88. The van der Waals surface area contributed by atoms with Gasteiger partial charge in [-0.15, -0.1) is 0 Å². The van der Waals surface area contributed by atoms with Crippen LogP contribution in [0.25, 0.3) is 0 Å². The second-order valence-electron chi connectivity index (χ2n) is 5.09. The van der Waals surface area contributed by atoms with Gasteiger partial charge >= 0.3 is 0 Å². The van der Waals surface area contributed by atoms with Gasteiger partial charge in [-0.2, -0.15) is 0 Å². The van der Waals surface area contributed by atoms with Crippen molar-refractivity contribution in [1.29, 1.82) is 0 Å². The summed E-state index contributed by atoms with van der Waals surface area (Å²) in [7, 11) is 1.31. The third kappa shape index (κ3) is 1.98. The Morgan fingerprint density at radius 3 is 2.24 bits per heavy atom. The highest BCUT2D eigenvalue weighted by atomic mass is 19.1. The fraction of sp³-hybridized carbons (Fsp3) is 0.333. The standard InChI is InChI=1S/C15H14FNO4/c1-21-13-7-11(10(16)6-12(13)18)17-14(19)8-4-2-3-5-9(8)15(17)20/h6-7,18H,2-5H2,1H3. The molecule has 1 aromatic rings. The van der Waals surface area contributed by atoms with Gasteiger partial charge in [0.05, 0.1) is 12.8 Å². The quantitative estimate of drug-likeness (QED) is 0.849. The number of carbonyl (C=O) groups is 2. The molecule has 2 amide bonds. The number of anilines is 1. The van der Waals surface area contributed by atoms with Crippen LogP contribution >= 0.6 is 0 Å². The molecule has 0 fully saturated rings. The Morgan fingerprint density at radius 2 is 1.71 bits per heavy atom. The van der Waals surface area contributed by atoms with Crippen LogP contribution in [0.4, 0.5) is 10.1 Å². The van der Waals surface area contributed by atoms with Gasteiger partial charge in [0.15, 0.2) is 17.3 Å². The van der Waals surface area contributed by atoms with Gasteiger partial charge in [0.2, 0.25) is 0 Å². The van der Waals surface area contributed by atoms with E-state index in [2.05, 4.69) is 0 Å². The van der Waals surface area contributed by atoms with Gasteiger partial charge in [-0.1, -0.05) is 0 Å². The number of phenolic OH excluding ortho intramolecular Hbond substituents is 1. The molecule has 0 radical (unpaired) electrons. The van der Waals surface area contributed by atoms with Gasteiger partial charge in [0, 0.05) is 23.3 Å². The molecule has 0 saturated heterocycles. The Kier molecular flexibility index (Phi) is 3.16. The van der Waals surface area contributed by atoms with Crippen LogP contribution in [-0.2, 0) is 9.59 Å². The first-order chi connectivity index (χ1) is 10.0. The van der Waals surface area contributed by atoms with Crippen molar-refractivity contribution < 1.29 is 23.8 Å². The number of amides is 2. The summed E-state index contributed by atoms with van der Waals surface area (Å²) in [6.45, 7) is 0. The first-order valence-electron chi connectivity index (χ1n) is 6.72. The topological polar surface area (TPSA) is 66.8 Å². The van der Waals surface area contributed by atoms with Gasteiger partial charge in [0.1, 0.15) is 0 Å². The molecular weight excluding hydrogens is 277 g/mol. The summed E-state index contributed by atoms with van der Waals surface area (Å²) in [4.78, 5) is 25.6. The van der Waals surface area contributed by atoms with Crippen LogP contribution in [0.1, 0.15) is 25.7 Å². The number of rotatable bonds is 2. The Bertz CT molecular complexity index is 652. The predicted molar refractivity (Wildman–Crippen MR) is 72.6 cm³/mol. The lowest BCUT2D eigenvalue weighted by Gasteiger charge is -2.17. The van der Waals surface area contributed by atoms with E-state index in [1.54, 1.807) is 0 Å². The molecule has 2 aliphatic rings. The number of carbonyl (C=O) groups excluding carboxylic acids is 2. The number of aromatic hydroxyl groups is 1. The van der Waals surface area contributed by atoms with Crippen molar-refractivity contribution in [2.45, 2.75) is 25.7 Å². The normalized spacial score (nSPS) is 18.3. The van der Waals surface area contributed by atoms with E-state index >= 15 is 0 Å². The van der Waals surface area contributed by atoms with Crippen molar-refractivity contribution >= 4 is 17.5 Å². The van der Waals surface area contributed by atoms with Crippen molar-refractivity contribution in [3.63, 3.8) is 0 Å². The molecule has 21 heavy (non-hydrogen) atoms. The maximum Gasteiger partial charge on any atom is 0.261 e. The largest absolute Gasteiger partial charge is 0.504 e. The molecule has 1 aliphatic carbocycles. The fourth-order valence-electron chi connectivity index (χ4n) is 2.83. The Morgan fingerprint density at radius 1 is 1.14 bits per heavy atom. The summed E-state index contributed by atoms with van der Waals surface area (Å²) in [5, 5.41) is 9.53. The molecular formula is C15H14FNO4. The van der Waals surface area contributed by atoms with Crippen LogP contribution in [0.5, 0.6) is 11.5 Å². The van der Waals surface area contributed by atoms with Crippen LogP contribution < -0.4 is 9.64 Å². The summed E-state index contributed by atoms with van der Waals surface area (Å²) >= 11 is 0. The number of methoxy groups -OCH3 is 1. The fourth-order valence-corrected chi connectivity index (χ4v) is 2.83. The zero-order valence-corrected chi connectivity index (χ0v) is 11.5. The summed E-state index contributed by atoms with van der Waals surface area (Å²) in [5.74, 6) is -2.15. The van der Waals surface area contributed by atoms with Gasteiger partial charge in [0.25, 0.3) is 11.8 Å². The molecule has 0 aromatic heterocycles. The monoisotopic (exact) mass is 291 g/mol. The van der Waals surface area contributed by atoms with Gasteiger partial charge in [-0.25, -0.2) is 9.29 Å². The van der Waals surface area contributed by atoms with Crippen molar-refractivity contribution in [3.8, 4) is 11.5 Å². The zero-order valence-electron chi connectivity index (χ0n) is 11.5. The number of ether oxygens (including phenoxy) is 1. The number of phenols is 1. The molecule has 0 bridgehead atoms. The van der Waals surface area contributed by atoms with Crippen LogP contribution in [0.15, 0.2) is 23.3 Å². The summed E-state index contributed by atoms with van der Waals surface area (Å²) < 4.78 is 19.0. The molecule has 1 aliphatic heterocycles. The van der Waals surface area contributed by atoms with Gasteiger partial charge in [-0.3, -0.25) is 9.59 Å². The van der Waals surface area contributed by atoms with Crippen LogP contribution in [0.3, 0.4) is 0 Å². The second-order valence-corrected chi connectivity index (χ2v) is 5.09. The molecule has 6 heteroatoms. The highest BCUT2D eigenvalue weighted by molar-refractivity contribution is 6.33. The number of benzene rings is 1. The highest BCUT2D eigenvalue weighted by Crippen LogP contribution is 2.39. The first-order valence-corrected chi connectivity index (χ1v) is 6.72. The Labute approximate surface area is 120 Å². The summed E-state index contributed by atoms with van der Waals surface area (Å²) in [5.41, 5.74) is 0.782. The van der Waals surface area contributed by atoms with E-state index in [-0.39, 0.29) is 17.2 Å². The van der Waals surface area contributed by atoms with Crippen LogP contribution in [0, 0.1) is 5.82 Å². The summed E-state index contributed by atoms with van der Waals surface area (Å²) in [6, 6.07) is 2.00. The van der Waals surface area contributed by atoms with Crippen LogP contribution in [-0.4, -0.2) is 24.0 Å². The average Bonchev–Trinajstić information content (AvgIpc) is 2.72. The molecule has 1 N–H and O–H groups in total. The number of hydrogen-bond acceptors (Lipinski definition) is 4. The molecule has 110 valence electrons. The van der Waals surface area contributed by atoms with Crippen molar-refractivity contribution in [2.75, 3.05) is 12.0 Å². The SMILES string of the molecule is COc1cc(N2C(=O)C3=C(CCCC3)C2=O)c(F)cc1O. The van der Waals surface area contributed by atoms with E-state index in [9.17, 15) is 19.1 Å². The van der Waals surface area contributed by atoms with E-state index in [0.717, 1.165) is 23.8 Å². The van der Waals surface area contributed by atoms with Crippen molar-refractivity contribution in [1.82, 2.24) is 0 Å². The smallest absolute Gasteiger partial charge is 0.261 e. The molecule has 0 saturated carbocycles. The molecule has 0 spiro atoms. The maximum absolute atomic E-state index is 14.1. The van der Waals surface area contributed by atoms with E-state index in [1.165, 1.54) is 13.2 Å². The predicted octanol–water partition coefficient (Wildman–Crippen LogP) is 2.28. The molecule has 1 heterocycles. The van der Waals surface area contributed by atoms with E-state index in [4.69, 9.17) is 4.74 Å². The van der Waals surface area contributed by atoms with Gasteiger partial charge in [-0.05, 0) is 25.7 Å². The molecule has 1 aromatic carbocycles. The van der Waals surface area contributed by atoms with E-state index in [1.807, 2.05) is 0 Å². The average molecular weight is 291 g/mol. The molecule has 0 unspecified atom stereocenters. The maximum atomic E-state index is 14.1. The van der Waals surface area contributed by atoms with E-state index in [0.29, 0.717) is 24.0 Å². The number of imide groups is 1.